The predicted molar refractivity (Wildman–Crippen MR) is 117 cm³/mol. The Morgan fingerprint density at radius 3 is 2.84 bits per heavy atom. The van der Waals surface area contributed by atoms with Crippen LogP contribution in [0.15, 0.2) is 29.1 Å². The molecule has 0 N–H and O–H groups in total. The maximum atomic E-state index is 12.7. The molecule has 164 valence electrons. The molecular weight excluding hydrogens is 396 g/mol. The minimum absolute atomic E-state index is 0.0416. The summed E-state index contributed by atoms with van der Waals surface area (Å²) in [6, 6.07) is 7.66. The van der Waals surface area contributed by atoms with Gasteiger partial charge in [-0.25, -0.2) is 0 Å². The van der Waals surface area contributed by atoms with Crippen molar-refractivity contribution in [2.24, 2.45) is 5.92 Å². The minimum Gasteiger partial charge on any atom is -0.476 e. The van der Waals surface area contributed by atoms with Gasteiger partial charge in [-0.3, -0.25) is 9.59 Å². The third kappa shape index (κ3) is 3.88. The average molecular weight is 424 g/mol. The summed E-state index contributed by atoms with van der Waals surface area (Å²) in [7, 11) is 1.85. The van der Waals surface area contributed by atoms with Crippen molar-refractivity contribution >= 4 is 11.6 Å². The molecule has 2 fully saturated rings. The van der Waals surface area contributed by atoms with E-state index in [2.05, 4.69) is 10.6 Å². The summed E-state index contributed by atoms with van der Waals surface area (Å²) in [5.74, 6) is 0.935. The number of ether oxygens (including phenoxy) is 3. The van der Waals surface area contributed by atoms with Crippen LogP contribution in [-0.2, 0) is 27.2 Å². The quantitative estimate of drug-likeness (QED) is 0.738. The molecule has 1 saturated carbocycles. The average Bonchev–Trinajstić information content (AvgIpc) is 3.65. The van der Waals surface area contributed by atoms with Crippen molar-refractivity contribution in [3.05, 3.63) is 45.6 Å². The van der Waals surface area contributed by atoms with Crippen molar-refractivity contribution in [1.29, 1.82) is 0 Å². The van der Waals surface area contributed by atoms with Gasteiger partial charge in [-0.2, -0.15) is 0 Å². The first-order chi connectivity index (χ1) is 15.0. The highest BCUT2D eigenvalue weighted by atomic mass is 16.6. The van der Waals surface area contributed by atoms with Crippen LogP contribution in [0.4, 0.5) is 5.69 Å². The van der Waals surface area contributed by atoms with Crippen LogP contribution in [0, 0.1) is 12.8 Å². The zero-order valence-electron chi connectivity index (χ0n) is 18.1. The first kappa shape index (κ1) is 20.3. The Labute approximate surface area is 181 Å². The van der Waals surface area contributed by atoms with Crippen LogP contribution in [0.5, 0.6) is 5.88 Å². The van der Waals surface area contributed by atoms with Crippen molar-refractivity contribution in [2.45, 2.75) is 38.8 Å². The van der Waals surface area contributed by atoms with E-state index in [0.29, 0.717) is 44.4 Å². The number of pyridine rings is 1. The molecule has 1 saturated heterocycles. The number of hydrogen-bond donors (Lipinski definition) is 0. The van der Waals surface area contributed by atoms with E-state index in [1.807, 2.05) is 26.1 Å². The summed E-state index contributed by atoms with van der Waals surface area (Å²) >= 11 is 0. The van der Waals surface area contributed by atoms with Crippen molar-refractivity contribution < 1.29 is 19.0 Å². The lowest BCUT2D eigenvalue weighted by Gasteiger charge is -2.29. The summed E-state index contributed by atoms with van der Waals surface area (Å²) in [6.07, 6.45) is 2.66. The van der Waals surface area contributed by atoms with E-state index in [1.54, 1.807) is 11.0 Å². The number of aryl methyl sites for hydroxylation is 1. The summed E-state index contributed by atoms with van der Waals surface area (Å²) in [5.41, 5.74) is 4.65. The molecule has 1 atom stereocenters. The molecule has 0 bridgehead atoms. The van der Waals surface area contributed by atoms with Crippen LogP contribution < -0.4 is 15.1 Å². The summed E-state index contributed by atoms with van der Waals surface area (Å²) in [6.45, 7) is 4.60. The highest BCUT2D eigenvalue weighted by molar-refractivity contribution is 5.96. The Bertz CT molecular complexity index is 1070. The number of anilines is 1. The van der Waals surface area contributed by atoms with E-state index in [0.717, 1.165) is 41.8 Å². The van der Waals surface area contributed by atoms with Crippen LogP contribution >= 0.6 is 0 Å². The minimum atomic E-state index is -0.126. The molecule has 7 heteroatoms. The van der Waals surface area contributed by atoms with E-state index in [1.165, 1.54) is 0 Å². The van der Waals surface area contributed by atoms with Crippen LogP contribution in [-0.4, -0.2) is 50.1 Å². The monoisotopic (exact) mass is 424 g/mol. The highest BCUT2D eigenvalue weighted by Gasteiger charge is 2.33. The van der Waals surface area contributed by atoms with Crippen LogP contribution in [0.3, 0.4) is 0 Å². The van der Waals surface area contributed by atoms with E-state index < -0.39 is 0 Å². The second kappa shape index (κ2) is 8.13. The van der Waals surface area contributed by atoms with Gasteiger partial charge in [-0.15, -0.1) is 0 Å². The number of rotatable bonds is 5. The largest absolute Gasteiger partial charge is 0.476 e. The Morgan fingerprint density at radius 2 is 2.10 bits per heavy atom. The number of amides is 1. The van der Waals surface area contributed by atoms with Crippen molar-refractivity contribution in [1.82, 2.24) is 4.57 Å². The molecule has 1 amide bonds. The Balaban J connectivity index is 1.45. The van der Waals surface area contributed by atoms with Gasteiger partial charge in [0.25, 0.3) is 0 Å². The van der Waals surface area contributed by atoms with Gasteiger partial charge in [0.15, 0.2) is 11.3 Å². The van der Waals surface area contributed by atoms with Gasteiger partial charge in [0.1, 0.15) is 12.7 Å². The maximum Gasteiger partial charge on any atom is 0.229 e. The third-order valence-corrected chi connectivity index (χ3v) is 6.41. The normalized spacial score (nSPS) is 20.0. The fourth-order valence-electron chi connectivity index (χ4n) is 4.42. The fourth-order valence-corrected chi connectivity index (χ4v) is 4.42. The SMILES string of the molecule is Cc1c2n(c(OCC3COCCO3)cc1=O)CCc1cc(N(C)C(=O)C3CC3)ccc1-2. The van der Waals surface area contributed by atoms with Gasteiger partial charge in [-0.05, 0) is 43.9 Å². The molecule has 31 heavy (non-hydrogen) atoms. The lowest BCUT2D eigenvalue weighted by atomic mass is 9.94. The molecular formula is C24H28N2O5. The molecule has 2 aliphatic heterocycles. The zero-order valence-corrected chi connectivity index (χ0v) is 18.1. The molecule has 1 unspecified atom stereocenters. The molecule has 1 aromatic carbocycles. The predicted octanol–water partition coefficient (Wildman–Crippen LogP) is 2.55. The number of nitrogens with zero attached hydrogens (tertiary/aromatic N) is 2. The lowest BCUT2D eigenvalue weighted by Crippen LogP contribution is -2.34. The smallest absolute Gasteiger partial charge is 0.229 e. The number of aromatic nitrogens is 1. The summed E-state index contributed by atoms with van der Waals surface area (Å²) in [5, 5.41) is 0. The molecule has 0 spiro atoms. The molecule has 1 aromatic heterocycles. The third-order valence-electron chi connectivity index (χ3n) is 6.41. The zero-order chi connectivity index (χ0) is 21.5. The Morgan fingerprint density at radius 1 is 1.26 bits per heavy atom. The van der Waals surface area contributed by atoms with Gasteiger partial charge in [0, 0.05) is 42.4 Å². The molecule has 3 heterocycles. The van der Waals surface area contributed by atoms with Gasteiger partial charge in [0.2, 0.25) is 5.91 Å². The Kier molecular flexibility index (Phi) is 5.32. The molecule has 3 aliphatic rings. The second-order valence-electron chi connectivity index (χ2n) is 8.61. The van der Waals surface area contributed by atoms with Gasteiger partial charge >= 0.3 is 0 Å². The summed E-state index contributed by atoms with van der Waals surface area (Å²) < 4.78 is 19.2. The topological polar surface area (TPSA) is 70.0 Å². The molecule has 0 radical (unpaired) electrons. The fraction of sp³-hybridized carbons (Fsp3) is 0.500. The molecule has 1 aliphatic carbocycles. The first-order valence-electron chi connectivity index (χ1n) is 11.0. The number of carbonyl (C=O) groups excluding carboxylic acids is 1. The number of hydrogen-bond acceptors (Lipinski definition) is 5. The lowest BCUT2D eigenvalue weighted by molar-refractivity contribution is -0.119. The Hall–Kier alpha value is -2.64. The van der Waals surface area contributed by atoms with E-state index >= 15 is 0 Å². The van der Waals surface area contributed by atoms with Crippen molar-refractivity contribution in [3.63, 3.8) is 0 Å². The molecule has 5 rings (SSSR count). The number of benzene rings is 1. The van der Waals surface area contributed by atoms with Crippen LogP contribution in [0.1, 0.15) is 24.0 Å². The van der Waals surface area contributed by atoms with Gasteiger partial charge in [-0.1, -0.05) is 6.07 Å². The van der Waals surface area contributed by atoms with Crippen LogP contribution in [0.2, 0.25) is 0 Å². The van der Waals surface area contributed by atoms with Crippen LogP contribution in [0.25, 0.3) is 11.3 Å². The standard InChI is InChI=1S/C24H28N2O5/c1-15-21(27)12-22(31-14-19-13-29-9-10-30-19)26-8-7-17-11-18(5-6-20(17)23(15)26)25(2)24(28)16-3-4-16/h5-6,11-12,16,19H,3-4,7-10,13-14H2,1-2H3. The van der Waals surface area contributed by atoms with E-state index in [4.69, 9.17) is 14.2 Å². The summed E-state index contributed by atoms with van der Waals surface area (Å²) in [4.78, 5) is 26.9. The van der Waals surface area contributed by atoms with Crippen molar-refractivity contribution in [3.8, 4) is 17.1 Å². The van der Waals surface area contributed by atoms with E-state index in [-0.39, 0.29) is 23.4 Å². The van der Waals surface area contributed by atoms with Gasteiger partial charge in [0.05, 0.1) is 25.5 Å². The molecule has 2 aromatic rings. The number of fused-ring (bicyclic) bond motifs is 3. The van der Waals surface area contributed by atoms with Gasteiger partial charge < -0.3 is 23.7 Å². The van der Waals surface area contributed by atoms with E-state index in [9.17, 15) is 9.59 Å². The molecule has 7 nitrogen and oxygen atoms in total. The first-order valence-corrected chi connectivity index (χ1v) is 11.0. The number of carbonyl (C=O) groups is 1. The second-order valence-corrected chi connectivity index (χ2v) is 8.61. The highest BCUT2D eigenvalue weighted by Crippen LogP contribution is 2.37. The maximum absolute atomic E-state index is 12.7. The van der Waals surface area contributed by atoms with Crippen molar-refractivity contribution in [2.75, 3.05) is 38.4 Å².